The van der Waals surface area contributed by atoms with Gasteiger partial charge in [0.05, 0.1) is 11.0 Å². The highest BCUT2D eigenvalue weighted by Gasteiger charge is 2.15. The Labute approximate surface area is 156 Å². The van der Waals surface area contributed by atoms with Crippen LogP contribution in [0.1, 0.15) is 18.1 Å². The fourth-order valence-corrected chi connectivity index (χ4v) is 3.41. The number of sulfonamides is 1. The van der Waals surface area contributed by atoms with Crippen molar-refractivity contribution in [1.29, 1.82) is 0 Å². The Morgan fingerprint density at radius 3 is 2.54 bits per heavy atom. The van der Waals surface area contributed by atoms with E-state index in [1.807, 2.05) is 0 Å². The molecule has 0 fully saturated rings. The molecule has 0 heterocycles. The van der Waals surface area contributed by atoms with Crippen LogP contribution < -0.4 is 15.2 Å². The van der Waals surface area contributed by atoms with Crippen LogP contribution in [-0.4, -0.2) is 32.6 Å². The summed E-state index contributed by atoms with van der Waals surface area (Å²) in [7, 11) is -3.73. The molecule has 0 saturated carbocycles. The highest BCUT2D eigenvalue weighted by Crippen LogP contribution is 2.20. The molecule has 0 aliphatic carbocycles. The molecule has 2 aromatic carbocycles. The van der Waals surface area contributed by atoms with E-state index < -0.39 is 22.0 Å². The van der Waals surface area contributed by atoms with E-state index >= 15 is 0 Å². The minimum absolute atomic E-state index is 0.0428. The van der Waals surface area contributed by atoms with Gasteiger partial charge in [-0.15, -0.1) is 0 Å². The molecule has 2 rings (SSSR count). The third-order valence-corrected chi connectivity index (χ3v) is 5.17. The van der Waals surface area contributed by atoms with Crippen LogP contribution in [0, 0.1) is 0 Å². The summed E-state index contributed by atoms with van der Waals surface area (Å²) < 4.78 is 32.0. The van der Waals surface area contributed by atoms with Gasteiger partial charge >= 0.3 is 0 Å². The number of aliphatic hydroxyl groups is 1. The molecular weight excluding hydrogens is 380 g/mol. The maximum absolute atomic E-state index is 12.3. The van der Waals surface area contributed by atoms with Crippen LogP contribution in [0.4, 0.5) is 0 Å². The molecule has 0 aliphatic rings. The van der Waals surface area contributed by atoms with Crippen molar-refractivity contribution >= 4 is 27.5 Å². The minimum atomic E-state index is -3.73. The fourth-order valence-electron chi connectivity index (χ4n) is 2.16. The Kier molecular flexibility index (Phi) is 6.98. The number of nitrogens with two attached hydrogens (primary N) is 1. The van der Waals surface area contributed by atoms with E-state index in [0.29, 0.717) is 16.3 Å². The molecule has 0 aliphatic heterocycles. The Balaban J connectivity index is 1.90. The zero-order chi connectivity index (χ0) is 19.2. The Bertz CT molecular complexity index is 856. The number of hydrogen-bond donors (Lipinski definition) is 3. The van der Waals surface area contributed by atoms with Crippen molar-refractivity contribution in [1.82, 2.24) is 4.72 Å². The van der Waals surface area contributed by atoms with Crippen molar-refractivity contribution in [2.24, 2.45) is 5.73 Å². The summed E-state index contributed by atoms with van der Waals surface area (Å²) in [6.45, 7) is -0.234. The van der Waals surface area contributed by atoms with Gasteiger partial charge in [0.1, 0.15) is 5.75 Å². The fraction of sp³-hybridized carbons (Fsp3) is 0.235. The number of rotatable bonds is 9. The smallest absolute Gasteiger partial charge is 0.255 e. The average Bonchev–Trinajstić information content (AvgIpc) is 2.60. The van der Waals surface area contributed by atoms with Crippen LogP contribution in [0.25, 0.3) is 0 Å². The second kappa shape index (κ2) is 9.00. The predicted molar refractivity (Wildman–Crippen MR) is 97.3 cm³/mol. The second-order valence-electron chi connectivity index (χ2n) is 5.48. The molecule has 0 bridgehead atoms. The summed E-state index contributed by atoms with van der Waals surface area (Å²) in [5, 5.41) is 10.6. The third-order valence-electron chi connectivity index (χ3n) is 3.46. The first-order chi connectivity index (χ1) is 12.3. The van der Waals surface area contributed by atoms with E-state index in [2.05, 4.69) is 4.72 Å². The molecule has 1 atom stereocenters. The third kappa shape index (κ3) is 5.99. The number of aliphatic hydroxyl groups excluding tert-OH is 1. The van der Waals surface area contributed by atoms with Gasteiger partial charge in [0, 0.05) is 11.6 Å². The molecule has 4 N–H and O–H groups in total. The lowest BCUT2D eigenvalue weighted by Gasteiger charge is -2.12. The lowest BCUT2D eigenvalue weighted by Crippen LogP contribution is -2.26. The van der Waals surface area contributed by atoms with Crippen molar-refractivity contribution in [3.8, 4) is 5.75 Å². The molecular formula is C17H19ClN2O5S. The van der Waals surface area contributed by atoms with Crippen molar-refractivity contribution in [2.45, 2.75) is 17.4 Å². The number of carbonyl (C=O) groups excluding carboxylic acids is 1. The van der Waals surface area contributed by atoms with Gasteiger partial charge < -0.3 is 15.6 Å². The number of amides is 1. The molecule has 1 amide bonds. The Morgan fingerprint density at radius 1 is 1.23 bits per heavy atom. The van der Waals surface area contributed by atoms with Crippen LogP contribution in [0.3, 0.4) is 0 Å². The quantitative estimate of drug-likeness (QED) is 0.592. The van der Waals surface area contributed by atoms with Crippen molar-refractivity contribution in [3.05, 3.63) is 59.1 Å². The monoisotopic (exact) mass is 398 g/mol. The highest BCUT2D eigenvalue weighted by molar-refractivity contribution is 7.89. The van der Waals surface area contributed by atoms with Crippen LogP contribution in [0.5, 0.6) is 5.75 Å². The SMILES string of the molecule is NC(=O)COc1ccc(S(=O)(=O)NCCC(O)c2cccc(Cl)c2)cc1. The summed E-state index contributed by atoms with van der Waals surface area (Å²) in [6.07, 6.45) is -0.639. The van der Waals surface area contributed by atoms with E-state index in [4.69, 9.17) is 22.1 Å². The lowest BCUT2D eigenvalue weighted by molar-refractivity contribution is -0.119. The molecule has 9 heteroatoms. The van der Waals surface area contributed by atoms with Crippen LogP contribution in [0.2, 0.25) is 5.02 Å². The summed E-state index contributed by atoms with van der Waals surface area (Å²) in [4.78, 5) is 10.7. The van der Waals surface area contributed by atoms with Crippen molar-refractivity contribution in [2.75, 3.05) is 13.2 Å². The summed E-state index contributed by atoms with van der Waals surface area (Å²) >= 11 is 5.87. The first-order valence-electron chi connectivity index (χ1n) is 7.72. The molecule has 140 valence electrons. The van der Waals surface area contributed by atoms with Gasteiger partial charge in [0.15, 0.2) is 6.61 Å². The van der Waals surface area contributed by atoms with Crippen LogP contribution in [-0.2, 0) is 14.8 Å². The van der Waals surface area contributed by atoms with E-state index in [-0.39, 0.29) is 24.5 Å². The van der Waals surface area contributed by atoms with Gasteiger partial charge in [0.25, 0.3) is 5.91 Å². The van der Waals surface area contributed by atoms with Crippen LogP contribution in [0.15, 0.2) is 53.4 Å². The Morgan fingerprint density at radius 2 is 1.92 bits per heavy atom. The largest absolute Gasteiger partial charge is 0.484 e. The number of hydrogen-bond acceptors (Lipinski definition) is 5. The van der Waals surface area contributed by atoms with Gasteiger partial charge in [-0.25, -0.2) is 13.1 Å². The summed E-state index contributed by atoms with van der Waals surface area (Å²) in [5.41, 5.74) is 5.59. The molecule has 0 saturated heterocycles. The second-order valence-corrected chi connectivity index (χ2v) is 7.69. The van der Waals surface area contributed by atoms with Gasteiger partial charge in [-0.3, -0.25) is 4.79 Å². The molecule has 7 nitrogen and oxygen atoms in total. The molecule has 0 aromatic heterocycles. The number of halogens is 1. The van der Waals surface area contributed by atoms with Gasteiger partial charge in [-0.2, -0.15) is 0 Å². The number of ether oxygens (including phenoxy) is 1. The lowest BCUT2D eigenvalue weighted by atomic mass is 10.1. The Hall–Kier alpha value is -2.13. The van der Waals surface area contributed by atoms with Crippen LogP contribution >= 0.6 is 11.6 Å². The standard InChI is InChI=1S/C17H19ClN2O5S/c18-13-3-1-2-12(10-13)16(21)8-9-20-26(23,24)15-6-4-14(5-7-15)25-11-17(19)22/h1-7,10,16,20-21H,8-9,11H2,(H2,19,22). The zero-order valence-electron chi connectivity index (χ0n) is 13.8. The van der Waals surface area contributed by atoms with E-state index in [1.54, 1.807) is 24.3 Å². The predicted octanol–water partition coefficient (Wildman–Crippen LogP) is 1.61. The van der Waals surface area contributed by atoms with E-state index in [0.717, 1.165) is 0 Å². The minimum Gasteiger partial charge on any atom is -0.484 e. The average molecular weight is 399 g/mol. The number of carbonyl (C=O) groups is 1. The normalized spacial score (nSPS) is 12.5. The van der Waals surface area contributed by atoms with Gasteiger partial charge in [-0.1, -0.05) is 23.7 Å². The first kappa shape index (κ1) is 20.2. The molecule has 0 spiro atoms. The number of primary amides is 1. The maximum Gasteiger partial charge on any atom is 0.255 e. The van der Waals surface area contributed by atoms with Crippen molar-refractivity contribution in [3.63, 3.8) is 0 Å². The first-order valence-corrected chi connectivity index (χ1v) is 9.58. The molecule has 26 heavy (non-hydrogen) atoms. The number of nitrogens with one attached hydrogen (secondary N) is 1. The molecule has 0 radical (unpaired) electrons. The van der Waals surface area contributed by atoms with E-state index in [1.165, 1.54) is 24.3 Å². The molecule has 2 aromatic rings. The summed E-state index contributed by atoms with van der Waals surface area (Å²) in [6, 6.07) is 12.3. The van der Waals surface area contributed by atoms with Crippen molar-refractivity contribution < 1.29 is 23.1 Å². The maximum atomic E-state index is 12.3. The highest BCUT2D eigenvalue weighted by atomic mass is 35.5. The van der Waals surface area contributed by atoms with E-state index in [9.17, 15) is 18.3 Å². The topological polar surface area (TPSA) is 119 Å². The summed E-state index contributed by atoms with van der Waals surface area (Å²) in [5.74, 6) is -0.291. The zero-order valence-corrected chi connectivity index (χ0v) is 15.3. The molecule has 1 unspecified atom stereocenters. The van der Waals surface area contributed by atoms with Gasteiger partial charge in [0.2, 0.25) is 10.0 Å². The van der Waals surface area contributed by atoms with Gasteiger partial charge in [-0.05, 0) is 48.4 Å². The number of benzene rings is 2.